The predicted molar refractivity (Wildman–Crippen MR) is 83.5 cm³/mol. The average Bonchev–Trinajstić information content (AvgIpc) is 2.91. The van der Waals surface area contributed by atoms with Crippen molar-refractivity contribution in [3.63, 3.8) is 0 Å². The second-order valence-electron chi connectivity index (χ2n) is 5.07. The minimum atomic E-state index is 0.876. The number of hydrogen-bond acceptors (Lipinski definition) is 4. The molecule has 1 heterocycles. The fourth-order valence-electron chi connectivity index (χ4n) is 2.61. The zero-order valence-corrected chi connectivity index (χ0v) is 12.8. The van der Waals surface area contributed by atoms with E-state index >= 15 is 0 Å². The van der Waals surface area contributed by atoms with Gasteiger partial charge < -0.3 is 5.32 Å². The molecular formula is C16H19N3S. The van der Waals surface area contributed by atoms with Gasteiger partial charge in [-0.15, -0.1) is 0 Å². The highest BCUT2D eigenvalue weighted by atomic mass is 32.2. The fourth-order valence-corrected chi connectivity index (χ4v) is 3.52. The van der Waals surface area contributed by atoms with Crippen LogP contribution < -0.4 is 5.32 Å². The van der Waals surface area contributed by atoms with Gasteiger partial charge in [0.25, 0.3) is 0 Å². The molecule has 104 valence electrons. The van der Waals surface area contributed by atoms with Crippen LogP contribution in [-0.2, 0) is 12.8 Å². The van der Waals surface area contributed by atoms with E-state index in [9.17, 15) is 0 Å². The Labute approximate surface area is 124 Å². The molecule has 2 aromatic rings. The molecule has 20 heavy (non-hydrogen) atoms. The maximum absolute atomic E-state index is 4.42. The Balaban J connectivity index is 1.86. The zero-order chi connectivity index (χ0) is 13.9. The molecule has 1 aromatic carbocycles. The summed E-state index contributed by atoms with van der Waals surface area (Å²) in [6.07, 6.45) is 5.38. The van der Waals surface area contributed by atoms with Crippen LogP contribution in [0, 0.1) is 6.92 Å². The van der Waals surface area contributed by atoms with Crippen molar-refractivity contribution in [2.24, 2.45) is 0 Å². The third-order valence-corrected chi connectivity index (χ3v) is 4.76. The highest BCUT2D eigenvalue weighted by Gasteiger charge is 2.13. The minimum Gasteiger partial charge on any atom is -0.370 e. The second kappa shape index (κ2) is 5.83. The smallest absolute Gasteiger partial charge is 0.133 e. The van der Waals surface area contributed by atoms with Crippen molar-refractivity contribution in [2.45, 2.75) is 43.0 Å². The van der Waals surface area contributed by atoms with E-state index in [0.29, 0.717) is 0 Å². The first-order valence-electron chi connectivity index (χ1n) is 7.13. The van der Waals surface area contributed by atoms with Crippen LogP contribution in [0.2, 0.25) is 0 Å². The Hall–Kier alpha value is -1.55. The summed E-state index contributed by atoms with van der Waals surface area (Å²) in [4.78, 5) is 9.99. The lowest BCUT2D eigenvalue weighted by Gasteiger charge is -2.10. The summed E-state index contributed by atoms with van der Waals surface area (Å²) in [5.74, 6) is 0.936. The first-order chi connectivity index (χ1) is 9.78. The van der Waals surface area contributed by atoms with Gasteiger partial charge in [0.1, 0.15) is 17.2 Å². The van der Waals surface area contributed by atoms with Gasteiger partial charge in [-0.25, -0.2) is 9.97 Å². The van der Waals surface area contributed by atoms with Gasteiger partial charge in [-0.2, -0.15) is 0 Å². The molecule has 0 amide bonds. The Morgan fingerprint density at radius 3 is 2.90 bits per heavy atom. The number of rotatable bonds is 4. The topological polar surface area (TPSA) is 37.8 Å². The standard InChI is InChI=1S/C16H19N3S/c1-3-17-15-11(2)16(19-10-18-15)20-14-8-7-12-5-4-6-13(12)9-14/h7-10H,3-6H2,1-2H3,(H,17,18,19). The molecule has 0 atom stereocenters. The van der Waals surface area contributed by atoms with E-state index in [2.05, 4.69) is 47.3 Å². The van der Waals surface area contributed by atoms with Gasteiger partial charge >= 0.3 is 0 Å². The Kier molecular flexibility index (Phi) is 3.92. The lowest BCUT2D eigenvalue weighted by atomic mass is 10.1. The van der Waals surface area contributed by atoms with Crippen molar-refractivity contribution in [3.05, 3.63) is 41.2 Å². The normalized spacial score (nSPS) is 13.3. The number of anilines is 1. The third-order valence-electron chi connectivity index (χ3n) is 3.67. The maximum atomic E-state index is 4.42. The number of benzene rings is 1. The van der Waals surface area contributed by atoms with E-state index < -0.39 is 0 Å². The van der Waals surface area contributed by atoms with Crippen LogP contribution in [0.25, 0.3) is 0 Å². The molecule has 0 saturated carbocycles. The van der Waals surface area contributed by atoms with Crippen molar-refractivity contribution < 1.29 is 0 Å². The second-order valence-corrected chi connectivity index (χ2v) is 6.13. The summed E-state index contributed by atoms with van der Waals surface area (Å²) in [5, 5.41) is 4.32. The van der Waals surface area contributed by atoms with E-state index in [4.69, 9.17) is 0 Å². The Bertz CT molecular complexity index is 625. The summed E-state index contributed by atoms with van der Waals surface area (Å²) in [7, 11) is 0. The SMILES string of the molecule is CCNc1ncnc(Sc2ccc3c(c2)CCC3)c1C. The van der Waals surface area contributed by atoms with Crippen molar-refractivity contribution in [1.82, 2.24) is 9.97 Å². The van der Waals surface area contributed by atoms with E-state index in [1.165, 1.54) is 35.3 Å². The molecule has 1 aliphatic rings. The van der Waals surface area contributed by atoms with Crippen molar-refractivity contribution in [3.8, 4) is 0 Å². The van der Waals surface area contributed by atoms with E-state index in [-0.39, 0.29) is 0 Å². The largest absolute Gasteiger partial charge is 0.370 e. The number of nitrogens with zero attached hydrogens (tertiary/aromatic N) is 2. The number of aromatic nitrogens is 2. The Morgan fingerprint density at radius 1 is 1.20 bits per heavy atom. The van der Waals surface area contributed by atoms with Gasteiger partial charge in [0.05, 0.1) is 0 Å². The highest BCUT2D eigenvalue weighted by molar-refractivity contribution is 7.99. The number of hydrogen-bond donors (Lipinski definition) is 1. The zero-order valence-electron chi connectivity index (χ0n) is 11.9. The van der Waals surface area contributed by atoms with Gasteiger partial charge in [0, 0.05) is 17.0 Å². The molecule has 3 nitrogen and oxygen atoms in total. The first-order valence-corrected chi connectivity index (χ1v) is 7.94. The molecule has 0 aliphatic heterocycles. The molecular weight excluding hydrogens is 266 g/mol. The fraction of sp³-hybridized carbons (Fsp3) is 0.375. The minimum absolute atomic E-state index is 0.876. The molecule has 0 saturated heterocycles. The van der Waals surface area contributed by atoms with Gasteiger partial charge in [-0.1, -0.05) is 17.8 Å². The molecule has 4 heteroatoms. The first kappa shape index (κ1) is 13.4. The average molecular weight is 285 g/mol. The van der Waals surface area contributed by atoms with Gasteiger partial charge in [0.15, 0.2) is 0 Å². The summed E-state index contributed by atoms with van der Waals surface area (Å²) >= 11 is 1.73. The number of nitrogens with one attached hydrogen (secondary N) is 1. The van der Waals surface area contributed by atoms with E-state index in [0.717, 1.165) is 23.0 Å². The van der Waals surface area contributed by atoms with E-state index in [1.54, 1.807) is 18.1 Å². The molecule has 0 unspecified atom stereocenters. The van der Waals surface area contributed by atoms with Crippen LogP contribution >= 0.6 is 11.8 Å². The van der Waals surface area contributed by atoms with Crippen LogP contribution in [-0.4, -0.2) is 16.5 Å². The molecule has 0 bridgehead atoms. The lowest BCUT2D eigenvalue weighted by Crippen LogP contribution is -2.03. The molecule has 0 fully saturated rings. The van der Waals surface area contributed by atoms with Crippen molar-refractivity contribution >= 4 is 17.6 Å². The maximum Gasteiger partial charge on any atom is 0.133 e. The van der Waals surface area contributed by atoms with Crippen LogP contribution in [0.5, 0.6) is 0 Å². The molecule has 1 N–H and O–H groups in total. The van der Waals surface area contributed by atoms with E-state index in [1.807, 2.05) is 0 Å². The van der Waals surface area contributed by atoms with Crippen LogP contribution in [0.15, 0.2) is 34.4 Å². The summed E-state index contributed by atoms with van der Waals surface area (Å²) < 4.78 is 0. The van der Waals surface area contributed by atoms with Gasteiger partial charge in [0.2, 0.25) is 0 Å². The summed E-state index contributed by atoms with van der Waals surface area (Å²) in [5.41, 5.74) is 4.15. The lowest BCUT2D eigenvalue weighted by molar-refractivity contribution is 0.911. The van der Waals surface area contributed by atoms with Crippen LogP contribution in [0.4, 0.5) is 5.82 Å². The third kappa shape index (κ3) is 2.66. The van der Waals surface area contributed by atoms with Crippen molar-refractivity contribution in [2.75, 3.05) is 11.9 Å². The van der Waals surface area contributed by atoms with Gasteiger partial charge in [-0.05, 0) is 56.4 Å². The van der Waals surface area contributed by atoms with Crippen LogP contribution in [0.3, 0.4) is 0 Å². The number of aryl methyl sites for hydroxylation is 2. The molecule has 3 rings (SSSR count). The number of fused-ring (bicyclic) bond motifs is 1. The molecule has 1 aliphatic carbocycles. The summed E-state index contributed by atoms with van der Waals surface area (Å²) in [6, 6.07) is 6.80. The quantitative estimate of drug-likeness (QED) is 0.866. The molecule has 0 radical (unpaired) electrons. The summed E-state index contributed by atoms with van der Waals surface area (Å²) in [6.45, 7) is 5.03. The van der Waals surface area contributed by atoms with Crippen molar-refractivity contribution in [1.29, 1.82) is 0 Å². The molecule has 1 aromatic heterocycles. The van der Waals surface area contributed by atoms with Crippen LogP contribution in [0.1, 0.15) is 30.0 Å². The monoisotopic (exact) mass is 285 g/mol. The predicted octanol–water partition coefficient (Wildman–Crippen LogP) is 3.86. The highest BCUT2D eigenvalue weighted by Crippen LogP contribution is 2.33. The Morgan fingerprint density at radius 2 is 2.05 bits per heavy atom. The van der Waals surface area contributed by atoms with Gasteiger partial charge in [-0.3, -0.25) is 0 Å². The molecule has 0 spiro atoms.